The molecule has 0 aliphatic carbocycles. The Morgan fingerprint density at radius 3 is 2.54 bits per heavy atom. The number of carbonyl (C=O) groups excluding carboxylic acids is 2. The van der Waals surface area contributed by atoms with Crippen LogP contribution in [0.3, 0.4) is 0 Å². The Kier molecular flexibility index (Phi) is 7.68. The summed E-state index contributed by atoms with van der Waals surface area (Å²) < 4.78 is 7.32. The van der Waals surface area contributed by atoms with E-state index in [2.05, 4.69) is 33.0 Å². The van der Waals surface area contributed by atoms with Crippen LogP contribution < -0.4 is 5.32 Å². The van der Waals surface area contributed by atoms with Gasteiger partial charge in [0.25, 0.3) is 0 Å². The number of aryl methyl sites for hydroxylation is 1. The Hall–Kier alpha value is -3.47. The first-order valence-corrected chi connectivity index (χ1v) is 14.5. The van der Waals surface area contributed by atoms with Crippen LogP contribution in [0.2, 0.25) is 0 Å². The lowest BCUT2D eigenvalue weighted by Gasteiger charge is -2.09. The van der Waals surface area contributed by atoms with Gasteiger partial charge in [0.15, 0.2) is 5.16 Å². The third kappa shape index (κ3) is 5.46. The fourth-order valence-corrected chi connectivity index (χ4v) is 6.58. The summed E-state index contributed by atoms with van der Waals surface area (Å²) in [7, 11) is 0. The molecule has 0 spiro atoms. The molecule has 3 aromatic heterocycles. The minimum absolute atomic E-state index is 0.176. The van der Waals surface area contributed by atoms with Gasteiger partial charge in [-0.05, 0) is 25.0 Å². The summed E-state index contributed by atoms with van der Waals surface area (Å²) in [5, 5.41) is 16.7. The van der Waals surface area contributed by atoms with Gasteiger partial charge in [0, 0.05) is 28.5 Å². The molecular formula is C27H24N4O3S3. The number of hydrogen-bond donors (Lipinski definition) is 1. The van der Waals surface area contributed by atoms with Crippen LogP contribution in [0.5, 0.6) is 0 Å². The number of thioether (sulfide) groups is 1. The Labute approximate surface area is 226 Å². The maximum absolute atomic E-state index is 12.9. The highest BCUT2D eigenvalue weighted by molar-refractivity contribution is 7.99. The van der Waals surface area contributed by atoms with Gasteiger partial charge in [-0.15, -0.1) is 32.9 Å². The van der Waals surface area contributed by atoms with Gasteiger partial charge in [0.1, 0.15) is 10.6 Å². The summed E-state index contributed by atoms with van der Waals surface area (Å²) in [4.78, 5) is 26.5. The van der Waals surface area contributed by atoms with Crippen molar-refractivity contribution in [1.29, 1.82) is 0 Å². The van der Waals surface area contributed by atoms with Crippen molar-refractivity contribution < 1.29 is 14.3 Å². The molecule has 0 saturated heterocycles. The normalized spacial score (nSPS) is 11.1. The summed E-state index contributed by atoms with van der Waals surface area (Å²) in [5.41, 5.74) is 5.29. The Morgan fingerprint density at radius 1 is 1.00 bits per heavy atom. The summed E-state index contributed by atoms with van der Waals surface area (Å²) >= 11 is 4.34. The summed E-state index contributed by atoms with van der Waals surface area (Å²) in [5.74, 6) is -0.104. The van der Waals surface area contributed by atoms with Gasteiger partial charge in [-0.3, -0.25) is 9.20 Å². The number of benzene rings is 2. The van der Waals surface area contributed by atoms with Gasteiger partial charge in [-0.25, -0.2) is 4.79 Å². The third-order valence-electron chi connectivity index (χ3n) is 5.64. The van der Waals surface area contributed by atoms with Crippen molar-refractivity contribution in [3.05, 3.63) is 76.5 Å². The number of hydrogen-bond acceptors (Lipinski definition) is 8. The van der Waals surface area contributed by atoms with E-state index in [1.165, 1.54) is 34.4 Å². The minimum atomic E-state index is -0.444. The minimum Gasteiger partial charge on any atom is -0.462 e. The van der Waals surface area contributed by atoms with Crippen molar-refractivity contribution in [1.82, 2.24) is 14.6 Å². The number of nitrogens with zero attached hydrogens (tertiary/aromatic N) is 3. The molecule has 0 aliphatic heterocycles. The molecule has 0 atom stereocenters. The number of amides is 1. The number of aromatic nitrogens is 3. The van der Waals surface area contributed by atoms with Crippen LogP contribution in [-0.2, 0) is 9.53 Å². The number of esters is 1. The average molecular weight is 549 g/mol. The number of carbonyl (C=O) groups is 2. The summed E-state index contributed by atoms with van der Waals surface area (Å²) in [6, 6.07) is 18.0. The second-order valence-corrected chi connectivity index (χ2v) is 11.0. The van der Waals surface area contributed by atoms with Gasteiger partial charge < -0.3 is 10.1 Å². The zero-order chi connectivity index (χ0) is 25.8. The highest BCUT2D eigenvalue weighted by Crippen LogP contribution is 2.37. The van der Waals surface area contributed by atoms with E-state index in [-0.39, 0.29) is 18.9 Å². The molecule has 0 fully saturated rings. The van der Waals surface area contributed by atoms with Crippen LogP contribution in [0.1, 0.15) is 29.3 Å². The maximum Gasteiger partial charge on any atom is 0.341 e. The third-order valence-corrected chi connectivity index (χ3v) is 8.28. The van der Waals surface area contributed by atoms with Crippen LogP contribution in [0, 0.1) is 6.92 Å². The molecule has 1 amide bonds. The molecule has 2 aromatic carbocycles. The maximum atomic E-state index is 12.9. The lowest BCUT2D eigenvalue weighted by atomic mass is 10.0. The highest BCUT2D eigenvalue weighted by Gasteiger charge is 2.23. The zero-order valence-electron chi connectivity index (χ0n) is 20.3. The van der Waals surface area contributed by atoms with Gasteiger partial charge in [0.05, 0.1) is 12.3 Å². The van der Waals surface area contributed by atoms with Crippen LogP contribution >= 0.6 is 34.4 Å². The van der Waals surface area contributed by atoms with Gasteiger partial charge in [0.2, 0.25) is 10.9 Å². The van der Waals surface area contributed by atoms with Crippen molar-refractivity contribution in [2.45, 2.75) is 25.4 Å². The average Bonchev–Trinajstić information content (AvgIpc) is 3.61. The number of anilines is 1. The molecule has 10 heteroatoms. The van der Waals surface area contributed by atoms with E-state index in [1.807, 2.05) is 59.2 Å². The monoisotopic (exact) mass is 548 g/mol. The fourth-order valence-electron chi connectivity index (χ4n) is 3.83. The lowest BCUT2D eigenvalue weighted by Crippen LogP contribution is -2.15. The van der Waals surface area contributed by atoms with E-state index in [1.54, 1.807) is 6.92 Å². The fraction of sp³-hybridized carbons (Fsp3) is 0.185. The molecule has 5 aromatic rings. The zero-order valence-corrected chi connectivity index (χ0v) is 22.7. The number of ether oxygens (including phenoxy) is 1. The topological polar surface area (TPSA) is 85.6 Å². The second kappa shape index (κ2) is 11.3. The molecule has 0 bridgehead atoms. The first-order valence-electron chi connectivity index (χ1n) is 11.7. The van der Waals surface area contributed by atoms with Crippen LogP contribution in [0.4, 0.5) is 5.00 Å². The van der Waals surface area contributed by atoms with Gasteiger partial charge >= 0.3 is 5.97 Å². The number of fused-ring (bicyclic) bond motifs is 1. The predicted octanol–water partition coefficient (Wildman–Crippen LogP) is 6.79. The van der Waals surface area contributed by atoms with E-state index >= 15 is 0 Å². The van der Waals surface area contributed by atoms with E-state index in [0.29, 0.717) is 16.3 Å². The molecule has 3 heterocycles. The summed E-state index contributed by atoms with van der Waals surface area (Å²) in [6.07, 6.45) is 0.254. The van der Waals surface area contributed by atoms with Crippen LogP contribution in [-0.4, -0.2) is 38.8 Å². The molecule has 188 valence electrons. The smallest absolute Gasteiger partial charge is 0.341 e. The first-order chi connectivity index (χ1) is 18.0. The van der Waals surface area contributed by atoms with Gasteiger partial charge in [-0.1, -0.05) is 71.9 Å². The van der Waals surface area contributed by atoms with E-state index in [9.17, 15) is 9.59 Å². The van der Waals surface area contributed by atoms with Crippen molar-refractivity contribution in [3.8, 4) is 22.4 Å². The Bertz CT molecular complexity index is 1540. The molecule has 0 aliphatic rings. The second-order valence-electron chi connectivity index (χ2n) is 8.17. The van der Waals surface area contributed by atoms with Crippen molar-refractivity contribution >= 4 is 56.3 Å². The lowest BCUT2D eigenvalue weighted by molar-refractivity contribution is -0.115. The molecule has 0 unspecified atom stereocenters. The van der Waals surface area contributed by atoms with Gasteiger partial charge in [-0.2, -0.15) is 0 Å². The Morgan fingerprint density at radius 2 is 1.78 bits per heavy atom. The number of thiazole rings is 1. The predicted molar refractivity (Wildman–Crippen MR) is 151 cm³/mol. The quantitative estimate of drug-likeness (QED) is 0.161. The molecule has 37 heavy (non-hydrogen) atoms. The standard InChI is InChI=1S/C27H24N4O3S3/c1-3-34-25(33)23-20(18-11-9-17(2)10-12-18)15-36-24(23)28-22(32)13-14-35-26-29-30-27-31(26)21(16-37-27)19-7-5-4-6-8-19/h4-12,15-16H,3,13-14H2,1-2H3,(H,28,32). The molecular weight excluding hydrogens is 525 g/mol. The highest BCUT2D eigenvalue weighted by atomic mass is 32.2. The SMILES string of the molecule is CCOC(=O)c1c(-c2ccc(C)cc2)csc1NC(=O)CCSc1nnc2scc(-c3ccccc3)n12. The number of thiophene rings is 1. The molecule has 5 rings (SSSR count). The van der Waals surface area contributed by atoms with E-state index in [0.717, 1.165) is 38.1 Å². The van der Waals surface area contributed by atoms with Crippen LogP contribution in [0.25, 0.3) is 27.3 Å². The number of rotatable bonds is 9. The van der Waals surface area contributed by atoms with Crippen molar-refractivity contribution in [3.63, 3.8) is 0 Å². The van der Waals surface area contributed by atoms with Crippen molar-refractivity contribution in [2.24, 2.45) is 0 Å². The van der Waals surface area contributed by atoms with E-state index in [4.69, 9.17) is 4.74 Å². The van der Waals surface area contributed by atoms with Crippen molar-refractivity contribution in [2.75, 3.05) is 17.7 Å². The largest absolute Gasteiger partial charge is 0.462 e. The van der Waals surface area contributed by atoms with E-state index < -0.39 is 5.97 Å². The Balaban J connectivity index is 1.29. The van der Waals surface area contributed by atoms with Crippen LogP contribution in [0.15, 0.2) is 70.5 Å². The molecule has 7 nitrogen and oxygen atoms in total. The summed E-state index contributed by atoms with van der Waals surface area (Å²) in [6.45, 7) is 4.04. The molecule has 0 saturated carbocycles. The number of nitrogens with one attached hydrogen (secondary N) is 1. The molecule has 1 N–H and O–H groups in total. The molecule has 0 radical (unpaired) electrons. The first kappa shape index (κ1) is 25.2.